The van der Waals surface area contributed by atoms with Gasteiger partial charge < -0.3 is 15.0 Å². The van der Waals surface area contributed by atoms with Gasteiger partial charge in [-0.15, -0.1) is 0 Å². The minimum absolute atomic E-state index is 0.0916. The van der Waals surface area contributed by atoms with Crippen LogP contribution in [0.15, 0.2) is 18.3 Å². The lowest BCUT2D eigenvalue weighted by Gasteiger charge is -2.17. The number of ether oxygens (including phenoxy) is 1. The Morgan fingerprint density at radius 1 is 1.42 bits per heavy atom. The summed E-state index contributed by atoms with van der Waals surface area (Å²) in [5.74, 6) is -5.63. The second-order valence-corrected chi connectivity index (χ2v) is 5.92. The highest BCUT2D eigenvalue weighted by atomic mass is 19.3. The van der Waals surface area contributed by atoms with Crippen molar-refractivity contribution in [2.24, 2.45) is 5.92 Å². The molecule has 1 aliphatic carbocycles. The summed E-state index contributed by atoms with van der Waals surface area (Å²) in [4.78, 5) is 29.1. The minimum atomic E-state index is -2.99. The van der Waals surface area contributed by atoms with Gasteiger partial charge in [0, 0.05) is 19.2 Å². The Hall–Kier alpha value is -2.32. The van der Waals surface area contributed by atoms with Gasteiger partial charge in [0.25, 0.3) is 11.8 Å². The molecular weight excluding hydrogens is 327 g/mol. The molecule has 0 aromatic carbocycles. The smallest absolute Gasteiger partial charge is 0.260 e. The Morgan fingerprint density at radius 2 is 2.12 bits per heavy atom. The fraction of sp³-hybridized carbons (Fsp3) is 0.533. The number of carbonyl (C=O) groups excluding carboxylic acids is 2. The van der Waals surface area contributed by atoms with Crippen LogP contribution in [0.25, 0.3) is 0 Å². The third kappa shape index (κ3) is 3.02. The van der Waals surface area contributed by atoms with E-state index >= 15 is 0 Å². The summed E-state index contributed by atoms with van der Waals surface area (Å²) in [6.07, 6.45) is -0.573. The standard InChI is InChI=1S/C15H16F3N3O3/c1-24-13-8(3-2-4-19-13)12(22)20-11-7-21(6-10(11)16)14(23)9-5-15(9,17)18/h2-4,9-11H,5-7H2,1H3,(H,20,22)/t9-,10+,11-/m1/s1. The van der Waals surface area contributed by atoms with E-state index in [-0.39, 0.29) is 24.5 Å². The first-order chi connectivity index (χ1) is 11.3. The van der Waals surface area contributed by atoms with E-state index < -0.39 is 42.3 Å². The van der Waals surface area contributed by atoms with E-state index in [2.05, 4.69) is 10.3 Å². The summed E-state index contributed by atoms with van der Waals surface area (Å²) in [7, 11) is 1.35. The summed E-state index contributed by atoms with van der Waals surface area (Å²) in [6, 6.07) is 2.04. The van der Waals surface area contributed by atoms with Crippen molar-refractivity contribution in [3.63, 3.8) is 0 Å². The molecule has 0 radical (unpaired) electrons. The van der Waals surface area contributed by atoms with Gasteiger partial charge in [-0.25, -0.2) is 18.2 Å². The number of likely N-dealkylation sites (tertiary alicyclic amines) is 1. The molecule has 6 nitrogen and oxygen atoms in total. The molecule has 2 heterocycles. The second kappa shape index (κ2) is 5.95. The van der Waals surface area contributed by atoms with Gasteiger partial charge >= 0.3 is 0 Å². The maximum absolute atomic E-state index is 14.1. The molecule has 0 bridgehead atoms. The number of hydrogen-bond acceptors (Lipinski definition) is 4. The molecule has 0 unspecified atom stereocenters. The van der Waals surface area contributed by atoms with Gasteiger partial charge in [0.1, 0.15) is 17.7 Å². The fourth-order valence-corrected chi connectivity index (χ4v) is 2.75. The molecule has 130 valence electrons. The topological polar surface area (TPSA) is 71.5 Å². The molecule has 24 heavy (non-hydrogen) atoms. The largest absolute Gasteiger partial charge is 0.480 e. The van der Waals surface area contributed by atoms with E-state index in [9.17, 15) is 22.8 Å². The van der Waals surface area contributed by atoms with Gasteiger partial charge in [0.15, 0.2) is 0 Å². The molecule has 2 amide bonds. The van der Waals surface area contributed by atoms with Gasteiger partial charge in [-0.3, -0.25) is 9.59 Å². The lowest BCUT2D eigenvalue weighted by molar-refractivity contribution is -0.134. The van der Waals surface area contributed by atoms with E-state index in [1.807, 2.05) is 0 Å². The summed E-state index contributed by atoms with van der Waals surface area (Å²) in [5.41, 5.74) is 0.130. The number of pyridine rings is 1. The number of nitrogens with zero attached hydrogens (tertiary/aromatic N) is 2. The number of hydrogen-bond donors (Lipinski definition) is 1. The van der Waals surface area contributed by atoms with Crippen molar-refractivity contribution in [2.45, 2.75) is 24.6 Å². The van der Waals surface area contributed by atoms with Gasteiger partial charge in [-0.1, -0.05) is 0 Å². The van der Waals surface area contributed by atoms with Gasteiger partial charge in [0.2, 0.25) is 11.8 Å². The molecule has 1 aromatic heterocycles. The van der Waals surface area contributed by atoms with Crippen LogP contribution in [-0.2, 0) is 4.79 Å². The summed E-state index contributed by atoms with van der Waals surface area (Å²) >= 11 is 0. The Balaban J connectivity index is 1.64. The van der Waals surface area contributed by atoms with E-state index in [0.717, 1.165) is 4.90 Å². The Labute approximate surface area is 136 Å². The van der Waals surface area contributed by atoms with Crippen LogP contribution in [0.2, 0.25) is 0 Å². The van der Waals surface area contributed by atoms with E-state index in [1.165, 1.54) is 25.4 Å². The number of carbonyl (C=O) groups is 2. The normalized spacial score (nSPS) is 27.7. The zero-order valence-corrected chi connectivity index (χ0v) is 12.8. The van der Waals surface area contributed by atoms with Crippen molar-refractivity contribution in [1.82, 2.24) is 15.2 Å². The molecule has 9 heteroatoms. The highest BCUT2D eigenvalue weighted by Gasteiger charge is 2.62. The van der Waals surface area contributed by atoms with Crippen molar-refractivity contribution in [2.75, 3.05) is 20.2 Å². The lowest BCUT2D eigenvalue weighted by atomic mass is 10.2. The average Bonchev–Trinajstić information content (AvgIpc) is 3.05. The predicted molar refractivity (Wildman–Crippen MR) is 76.6 cm³/mol. The van der Waals surface area contributed by atoms with Gasteiger partial charge in [-0.2, -0.15) is 0 Å². The average molecular weight is 343 g/mol. The van der Waals surface area contributed by atoms with Gasteiger partial charge in [0.05, 0.1) is 19.7 Å². The van der Waals surface area contributed by atoms with Crippen LogP contribution in [0.5, 0.6) is 5.88 Å². The SMILES string of the molecule is COc1ncccc1C(=O)N[C@@H]1CN(C(=O)[C@H]2CC2(F)F)C[C@@H]1F. The van der Waals surface area contributed by atoms with Crippen molar-refractivity contribution in [1.29, 1.82) is 0 Å². The Morgan fingerprint density at radius 3 is 2.75 bits per heavy atom. The number of methoxy groups -OCH3 is 1. The van der Waals surface area contributed by atoms with E-state index in [4.69, 9.17) is 4.74 Å². The molecule has 1 saturated carbocycles. The van der Waals surface area contributed by atoms with Crippen LogP contribution in [0.3, 0.4) is 0 Å². The summed E-state index contributed by atoms with van der Waals surface area (Å²) in [5, 5.41) is 2.47. The monoisotopic (exact) mass is 343 g/mol. The Kier molecular flexibility index (Phi) is 4.10. The number of alkyl halides is 3. The van der Waals surface area contributed by atoms with Crippen molar-refractivity contribution in [3.8, 4) is 5.88 Å². The first kappa shape index (κ1) is 16.5. The van der Waals surface area contributed by atoms with Crippen LogP contribution < -0.4 is 10.1 Å². The quantitative estimate of drug-likeness (QED) is 0.886. The molecular formula is C15H16F3N3O3. The first-order valence-electron chi connectivity index (χ1n) is 7.44. The van der Waals surface area contributed by atoms with Crippen LogP contribution >= 0.6 is 0 Å². The van der Waals surface area contributed by atoms with Crippen molar-refractivity contribution >= 4 is 11.8 Å². The summed E-state index contributed by atoms with van der Waals surface area (Å²) in [6.45, 7) is -0.443. The van der Waals surface area contributed by atoms with Crippen LogP contribution in [0.4, 0.5) is 13.2 Å². The molecule has 3 atom stereocenters. The number of amides is 2. The number of rotatable bonds is 4. The fourth-order valence-electron chi connectivity index (χ4n) is 2.75. The molecule has 1 aliphatic heterocycles. The molecule has 2 fully saturated rings. The zero-order valence-electron chi connectivity index (χ0n) is 12.8. The highest BCUT2D eigenvalue weighted by Crippen LogP contribution is 2.49. The van der Waals surface area contributed by atoms with Crippen LogP contribution in [-0.4, -0.2) is 60.0 Å². The number of halogens is 3. The number of aromatic nitrogens is 1. The van der Waals surface area contributed by atoms with E-state index in [0.29, 0.717) is 0 Å². The predicted octanol–water partition coefficient (Wildman–Crippen LogP) is 1.02. The van der Waals surface area contributed by atoms with Crippen molar-refractivity contribution in [3.05, 3.63) is 23.9 Å². The molecule has 3 rings (SSSR count). The molecule has 2 aliphatic rings. The molecule has 1 saturated heterocycles. The maximum Gasteiger partial charge on any atom is 0.260 e. The molecule has 1 aromatic rings. The van der Waals surface area contributed by atoms with Crippen molar-refractivity contribution < 1.29 is 27.5 Å². The third-order valence-electron chi connectivity index (χ3n) is 4.21. The van der Waals surface area contributed by atoms with Gasteiger partial charge in [-0.05, 0) is 12.1 Å². The number of nitrogens with one attached hydrogen (secondary N) is 1. The van der Waals surface area contributed by atoms with Crippen LogP contribution in [0.1, 0.15) is 16.8 Å². The second-order valence-electron chi connectivity index (χ2n) is 5.92. The van der Waals surface area contributed by atoms with Crippen LogP contribution in [0, 0.1) is 5.92 Å². The molecule has 1 N–H and O–H groups in total. The maximum atomic E-state index is 14.1. The molecule has 0 spiro atoms. The summed E-state index contributed by atoms with van der Waals surface area (Å²) < 4.78 is 45.0. The first-order valence-corrected chi connectivity index (χ1v) is 7.44. The third-order valence-corrected chi connectivity index (χ3v) is 4.21. The Bertz CT molecular complexity index is 670. The van der Waals surface area contributed by atoms with E-state index in [1.54, 1.807) is 0 Å². The zero-order chi connectivity index (χ0) is 17.5. The minimum Gasteiger partial charge on any atom is -0.480 e. The highest BCUT2D eigenvalue weighted by molar-refractivity contribution is 5.96. The lowest BCUT2D eigenvalue weighted by Crippen LogP contribution is -2.42.